The molecule has 1 aromatic heterocycles. The van der Waals surface area contributed by atoms with Gasteiger partial charge < -0.3 is 9.88 Å². The molecule has 0 unspecified atom stereocenters. The number of aryl methyl sites for hydroxylation is 1. The molecule has 0 aliphatic rings. The zero-order valence-electron chi connectivity index (χ0n) is 12.0. The third kappa shape index (κ3) is 6.14. The van der Waals surface area contributed by atoms with Gasteiger partial charge in [0.25, 0.3) is 5.56 Å². The molecule has 0 fully saturated rings. The second-order valence-corrected chi connectivity index (χ2v) is 5.59. The largest absolute Gasteiger partial charge is 0.365 e. The monoisotopic (exact) mass is 283 g/mol. The third-order valence-corrected chi connectivity index (χ3v) is 3.64. The molecule has 1 aromatic rings. The molecule has 0 aliphatic heterocycles. The summed E-state index contributed by atoms with van der Waals surface area (Å²) in [5.41, 5.74) is -0.00765. The summed E-state index contributed by atoms with van der Waals surface area (Å²) in [6, 6.07) is 0. The highest BCUT2D eigenvalue weighted by atomic mass is 32.2. The maximum atomic E-state index is 12.0. The summed E-state index contributed by atoms with van der Waals surface area (Å²) >= 11 is 1.90. The minimum atomic E-state index is -0.00765. The number of nitrogens with zero attached hydrogens (tertiary/aromatic N) is 2. The second kappa shape index (κ2) is 9.89. The van der Waals surface area contributed by atoms with Gasteiger partial charge in [0, 0.05) is 25.5 Å². The van der Waals surface area contributed by atoms with E-state index in [9.17, 15) is 4.79 Å². The zero-order valence-corrected chi connectivity index (χ0v) is 12.8. The summed E-state index contributed by atoms with van der Waals surface area (Å²) in [4.78, 5) is 16.1. The third-order valence-electron chi connectivity index (χ3n) is 2.95. The standard InChI is InChI=1S/C14H25N3OS/c1-3-10-17-11-9-16-13(14(17)18)15-8-6-4-5-7-12-19-2/h9,11H,3-8,10,12H2,1-2H3,(H,15,16). The van der Waals surface area contributed by atoms with Crippen LogP contribution >= 0.6 is 11.8 Å². The molecule has 0 saturated heterocycles. The van der Waals surface area contributed by atoms with Crippen molar-refractivity contribution in [1.29, 1.82) is 0 Å². The Morgan fingerprint density at radius 3 is 2.84 bits per heavy atom. The van der Waals surface area contributed by atoms with Gasteiger partial charge in [-0.25, -0.2) is 4.98 Å². The molecule has 0 amide bonds. The molecule has 5 heteroatoms. The summed E-state index contributed by atoms with van der Waals surface area (Å²) in [7, 11) is 0. The molecule has 0 aromatic carbocycles. The van der Waals surface area contributed by atoms with Crippen LogP contribution in [-0.2, 0) is 6.54 Å². The molecule has 0 aliphatic carbocycles. The van der Waals surface area contributed by atoms with Gasteiger partial charge in [0.1, 0.15) is 0 Å². The van der Waals surface area contributed by atoms with E-state index in [1.54, 1.807) is 17.0 Å². The van der Waals surface area contributed by atoms with Crippen molar-refractivity contribution in [1.82, 2.24) is 9.55 Å². The first-order valence-electron chi connectivity index (χ1n) is 7.07. The normalized spacial score (nSPS) is 10.6. The van der Waals surface area contributed by atoms with Gasteiger partial charge >= 0.3 is 0 Å². The van der Waals surface area contributed by atoms with Crippen molar-refractivity contribution in [2.45, 2.75) is 45.6 Å². The molecular weight excluding hydrogens is 258 g/mol. The predicted molar refractivity (Wildman–Crippen MR) is 84.1 cm³/mol. The average molecular weight is 283 g/mol. The fraction of sp³-hybridized carbons (Fsp3) is 0.714. The zero-order chi connectivity index (χ0) is 13.9. The number of unbranched alkanes of at least 4 members (excludes halogenated alkanes) is 3. The summed E-state index contributed by atoms with van der Waals surface area (Å²) in [5.74, 6) is 1.73. The van der Waals surface area contributed by atoms with Gasteiger partial charge in [0.05, 0.1) is 0 Å². The van der Waals surface area contributed by atoms with Crippen LogP contribution in [0.1, 0.15) is 39.0 Å². The molecule has 108 valence electrons. The minimum absolute atomic E-state index is 0.00765. The smallest absolute Gasteiger partial charge is 0.293 e. The number of anilines is 1. The highest BCUT2D eigenvalue weighted by Gasteiger charge is 2.02. The summed E-state index contributed by atoms with van der Waals surface area (Å²) in [6.45, 7) is 3.65. The Kier molecular flexibility index (Phi) is 8.38. The van der Waals surface area contributed by atoms with Crippen molar-refractivity contribution in [3.63, 3.8) is 0 Å². The van der Waals surface area contributed by atoms with E-state index in [4.69, 9.17) is 0 Å². The van der Waals surface area contributed by atoms with Gasteiger partial charge in [0.15, 0.2) is 5.82 Å². The van der Waals surface area contributed by atoms with E-state index in [2.05, 4.69) is 23.5 Å². The Morgan fingerprint density at radius 1 is 1.32 bits per heavy atom. The first-order valence-corrected chi connectivity index (χ1v) is 8.47. The molecule has 1 heterocycles. The molecule has 1 N–H and O–H groups in total. The Hall–Kier alpha value is -0.970. The number of rotatable bonds is 10. The lowest BCUT2D eigenvalue weighted by molar-refractivity contribution is 0.647. The van der Waals surface area contributed by atoms with Crippen LogP contribution in [0.4, 0.5) is 5.82 Å². The fourth-order valence-corrected chi connectivity index (χ4v) is 2.41. The second-order valence-electron chi connectivity index (χ2n) is 4.61. The maximum absolute atomic E-state index is 12.0. The van der Waals surface area contributed by atoms with E-state index in [-0.39, 0.29) is 5.56 Å². The van der Waals surface area contributed by atoms with Crippen LogP contribution in [0.3, 0.4) is 0 Å². The van der Waals surface area contributed by atoms with Crippen LogP contribution in [0, 0.1) is 0 Å². The molecule has 0 atom stereocenters. The van der Waals surface area contributed by atoms with Gasteiger partial charge in [-0.2, -0.15) is 11.8 Å². The number of aromatic nitrogens is 2. The average Bonchev–Trinajstić information content (AvgIpc) is 2.42. The van der Waals surface area contributed by atoms with E-state index >= 15 is 0 Å². The van der Waals surface area contributed by atoms with Crippen LogP contribution in [0.5, 0.6) is 0 Å². The summed E-state index contributed by atoms with van der Waals surface area (Å²) in [5, 5.41) is 3.15. The summed E-state index contributed by atoms with van der Waals surface area (Å²) < 4.78 is 1.72. The van der Waals surface area contributed by atoms with Crippen molar-refractivity contribution in [3.8, 4) is 0 Å². The molecule has 0 saturated carbocycles. The van der Waals surface area contributed by atoms with Gasteiger partial charge in [-0.1, -0.05) is 19.8 Å². The van der Waals surface area contributed by atoms with E-state index in [1.807, 2.05) is 11.8 Å². The van der Waals surface area contributed by atoms with Crippen molar-refractivity contribution < 1.29 is 0 Å². The van der Waals surface area contributed by atoms with Gasteiger partial charge in [-0.3, -0.25) is 4.79 Å². The van der Waals surface area contributed by atoms with Crippen molar-refractivity contribution in [2.75, 3.05) is 23.9 Å². The lowest BCUT2D eigenvalue weighted by Crippen LogP contribution is -2.24. The minimum Gasteiger partial charge on any atom is -0.365 e. The Morgan fingerprint density at radius 2 is 2.11 bits per heavy atom. The van der Waals surface area contributed by atoms with E-state index in [0.29, 0.717) is 5.82 Å². The van der Waals surface area contributed by atoms with E-state index in [1.165, 1.54) is 25.0 Å². The molecule has 0 spiro atoms. The lowest BCUT2D eigenvalue weighted by atomic mass is 10.2. The van der Waals surface area contributed by atoms with Gasteiger partial charge in [-0.15, -0.1) is 0 Å². The molecule has 0 radical (unpaired) electrons. The van der Waals surface area contributed by atoms with Crippen molar-refractivity contribution >= 4 is 17.6 Å². The lowest BCUT2D eigenvalue weighted by Gasteiger charge is -2.08. The Bertz CT molecular complexity index is 406. The topological polar surface area (TPSA) is 46.9 Å². The van der Waals surface area contributed by atoms with Crippen molar-refractivity contribution in [3.05, 3.63) is 22.7 Å². The molecule has 4 nitrogen and oxygen atoms in total. The first-order chi connectivity index (χ1) is 9.29. The van der Waals surface area contributed by atoms with Crippen LogP contribution in [0.15, 0.2) is 17.2 Å². The van der Waals surface area contributed by atoms with Crippen molar-refractivity contribution in [2.24, 2.45) is 0 Å². The van der Waals surface area contributed by atoms with Gasteiger partial charge in [-0.05, 0) is 31.3 Å². The highest BCUT2D eigenvalue weighted by Crippen LogP contribution is 2.04. The SMILES string of the molecule is CCCn1ccnc(NCCCCCCSC)c1=O. The van der Waals surface area contributed by atoms with Crippen LogP contribution in [0.25, 0.3) is 0 Å². The number of hydrogen-bond acceptors (Lipinski definition) is 4. The van der Waals surface area contributed by atoms with Crippen LogP contribution in [-0.4, -0.2) is 28.1 Å². The molecule has 0 bridgehead atoms. The first kappa shape index (κ1) is 16.1. The molecule has 1 rings (SSSR count). The Labute approximate surface area is 120 Å². The predicted octanol–water partition coefficient (Wildman–Crippen LogP) is 2.99. The summed E-state index contributed by atoms with van der Waals surface area (Å²) in [6.07, 6.45) is 11.4. The molecule has 19 heavy (non-hydrogen) atoms. The van der Waals surface area contributed by atoms with Crippen LogP contribution in [0.2, 0.25) is 0 Å². The number of nitrogens with one attached hydrogen (secondary N) is 1. The van der Waals surface area contributed by atoms with Crippen LogP contribution < -0.4 is 10.9 Å². The van der Waals surface area contributed by atoms with E-state index in [0.717, 1.165) is 25.9 Å². The van der Waals surface area contributed by atoms with Gasteiger partial charge in [0.2, 0.25) is 0 Å². The van der Waals surface area contributed by atoms with E-state index < -0.39 is 0 Å². The fourth-order valence-electron chi connectivity index (χ4n) is 1.92. The Balaban J connectivity index is 2.29. The quantitative estimate of drug-likeness (QED) is 0.671. The highest BCUT2D eigenvalue weighted by molar-refractivity contribution is 7.98. The number of hydrogen-bond donors (Lipinski definition) is 1. The molecular formula is C14H25N3OS. The number of thioether (sulfide) groups is 1. The maximum Gasteiger partial charge on any atom is 0.293 e.